The van der Waals surface area contributed by atoms with Crippen molar-refractivity contribution in [2.24, 2.45) is 0 Å². The fourth-order valence-corrected chi connectivity index (χ4v) is 4.06. The van der Waals surface area contributed by atoms with Crippen LogP contribution in [0.3, 0.4) is 0 Å². The summed E-state index contributed by atoms with van der Waals surface area (Å²) in [6.45, 7) is 0. The van der Waals surface area contributed by atoms with Crippen molar-refractivity contribution in [2.45, 2.75) is 25.2 Å². The van der Waals surface area contributed by atoms with Gasteiger partial charge in [-0.05, 0) is 48.6 Å². The average Bonchev–Trinajstić information content (AvgIpc) is 3.15. The monoisotopic (exact) mass is 408 g/mol. The van der Waals surface area contributed by atoms with Gasteiger partial charge >= 0.3 is 0 Å². The quantitative estimate of drug-likeness (QED) is 0.456. The Kier molecular flexibility index (Phi) is 4.02. The van der Waals surface area contributed by atoms with E-state index in [9.17, 15) is 0 Å². The van der Waals surface area contributed by atoms with Crippen molar-refractivity contribution in [2.75, 3.05) is 11.1 Å². The second kappa shape index (κ2) is 7.02. The van der Waals surface area contributed by atoms with E-state index in [0.717, 1.165) is 27.5 Å². The van der Waals surface area contributed by atoms with Crippen molar-refractivity contribution < 1.29 is 0 Å². The highest BCUT2D eigenvalue weighted by molar-refractivity contribution is 5.92. The first-order chi connectivity index (χ1) is 15.2. The fourth-order valence-electron chi connectivity index (χ4n) is 4.06. The number of hydrogen-bond acceptors (Lipinski definition) is 7. The van der Waals surface area contributed by atoms with Gasteiger partial charge in [0.2, 0.25) is 0 Å². The second-order valence-electron chi connectivity index (χ2n) is 7.84. The number of pyridine rings is 3. The molecule has 0 saturated heterocycles. The van der Waals surface area contributed by atoms with Gasteiger partial charge in [-0.15, -0.1) is 0 Å². The number of nitrogens with zero attached hydrogens (tertiary/aromatic N) is 6. The minimum absolute atomic E-state index is 0.496. The molecule has 1 saturated carbocycles. The maximum absolute atomic E-state index is 6.39. The Morgan fingerprint density at radius 1 is 1.03 bits per heavy atom. The first kappa shape index (κ1) is 17.8. The lowest BCUT2D eigenvalue weighted by molar-refractivity contribution is 0.421. The predicted octanol–water partition coefficient (Wildman–Crippen LogP) is 4.33. The number of aromatic nitrogens is 6. The van der Waals surface area contributed by atoms with E-state index in [0.29, 0.717) is 29.2 Å². The van der Waals surface area contributed by atoms with Crippen molar-refractivity contribution in [1.29, 1.82) is 0 Å². The molecule has 0 atom stereocenters. The lowest BCUT2D eigenvalue weighted by atomic mass is 9.79. The summed E-state index contributed by atoms with van der Waals surface area (Å²) in [4.78, 5) is 18.2. The second-order valence-corrected chi connectivity index (χ2v) is 7.84. The standard InChI is InChI=1S/C23H20N8/c24-22-21-17(14-4-3-5-14)12-25-13-18(21)27-23(29-22)15-7-8-26-19(10-15)28-20-11-16-6-1-2-9-31(16)30-20/h1-2,6-14H,3-5H2,(H2,24,27,29)(H,26,28,30). The van der Waals surface area contributed by atoms with E-state index in [2.05, 4.69) is 25.4 Å². The van der Waals surface area contributed by atoms with Gasteiger partial charge in [0.25, 0.3) is 0 Å². The van der Waals surface area contributed by atoms with Gasteiger partial charge in [0, 0.05) is 35.6 Å². The molecule has 152 valence electrons. The lowest BCUT2D eigenvalue weighted by Crippen LogP contribution is -2.11. The van der Waals surface area contributed by atoms with Gasteiger partial charge in [-0.3, -0.25) is 4.98 Å². The van der Waals surface area contributed by atoms with Crippen LogP contribution in [0.2, 0.25) is 0 Å². The van der Waals surface area contributed by atoms with Gasteiger partial charge in [0.15, 0.2) is 11.6 Å². The van der Waals surface area contributed by atoms with Crippen LogP contribution in [-0.2, 0) is 0 Å². The normalized spacial score (nSPS) is 14.1. The highest BCUT2D eigenvalue weighted by atomic mass is 15.3. The molecule has 3 N–H and O–H groups in total. The van der Waals surface area contributed by atoms with E-state index in [4.69, 9.17) is 10.7 Å². The van der Waals surface area contributed by atoms with Gasteiger partial charge in [-0.1, -0.05) is 12.5 Å². The van der Waals surface area contributed by atoms with Crippen molar-refractivity contribution in [3.63, 3.8) is 0 Å². The molecule has 0 amide bonds. The molecule has 5 aromatic rings. The van der Waals surface area contributed by atoms with Crippen LogP contribution in [0, 0.1) is 0 Å². The van der Waals surface area contributed by atoms with Crippen molar-refractivity contribution in [3.8, 4) is 11.4 Å². The number of hydrogen-bond donors (Lipinski definition) is 2. The van der Waals surface area contributed by atoms with E-state index >= 15 is 0 Å². The SMILES string of the molecule is Nc1nc(-c2ccnc(Nc3cc4ccccn4n3)c2)nc2cncc(C3CCC3)c12. The summed E-state index contributed by atoms with van der Waals surface area (Å²) < 4.78 is 1.81. The van der Waals surface area contributed by atoms with Crippen LogP contribution in [-0.4, -0.2) is 29.5 Å². The number of rotatable bonds is 4. The summed E-state index contributed by atoms with van der Waals surface area (Å²) in [5.41, 5.74) is 10.2. The third-order valence-electron chi connectivity index (χ3n) is 5.85. The molecular formula is C23H20N8. The number of nitrogen functional groups attached to an aromatic ring is 1. The summed E-state index contributed by atoms with van der Waals surface area (Å²) in [5.74, 6) is 2.93. The molecule has 8 heteroatoms. The summed E-state index contributed by atoms with van der Waals surface area (Å²) in [5, 5.41) is 8.69. The summed E-state index contributed by atoms with van der Waals surface area (Å²) in [6.07, 6.45) is 10.9. The molecule has 0 bridgehead atoms. The number of anilines is 3. The zero-order valence-electron chi connectivity index (χ0n) is 16.7. The first-order valence-electron chi connectivity index (χ1n) is 10.3. The Hall–Kier alpha value is -4.07. The van der Waals surface area contributed by atoms with Crippen molar-refractivity contribution in [1.82, 2.24) is 29.5 Å². The number of nitrogens with two attached hydrogens (primary N) is 1. The van der Waals surface area contributed by atoms with Crippen LogP contribution >= 0.6 is 0 Å². The molecule has 6 rings (SSSR count). The Morgan fingerprint density at radius 3 is 2.81 bits per heavy atom. The topological polar surface area (TPSA) is 107 Å². The van der Waals surface area contributed by atoms with Crippen LogP contribution in [0.5, 0.6) is 0 Å². The Balaban J connectivity index is 1.36. The molecule has 0 radical (unpaired) electrons. The molecule has 0 unspecified atom stereocenters. The van der Waals surface area contributed by atoms with Gasteiger partial charge in [-0.2, -0.15) is 5.10 Å². The molecule has 1 fully saturated rings. The minimum atomic E-state index is 0.496. The third-order valence-corrected chi connectivity index (χ3v) is 5.85. The fraction of sp³-hybridized carbons (Fsp3) is 0.174. The minimum Gasteiger partial charge on any atom is -0.383 e. The van der Waals surface area contributed by atoms with Crippen molar-refractivity contribution >= 4 is 33.9 Å². The maximum Gasteiger partial charge on any atom is 0.162 e. The van der Waals surface area contributed by atoms with E-state index in [1.807, 2.05) is 53.3 Å². The summed E-state index contributed by atoms with van der Waals surface area (Å²) in [6, 6.07) is 11.7. The molecule has 0 spiro atoms. The van der Waals surface area contributed by atoms with Crippen LogP contribution in [0.25, 0.3) is 27.8 Å². The number of nitrogens with one attached hydrogen (secondary N) is 1. The molecule has 31 heavy (non-hydrogen) atoms. The van der Waals surface area contributed by atoms with Gasteiger partial charge in [-0.25, -0.2) is 19.5 Å². The Bertz CT molecular complexity index is 1390. The maximum atomic E-state index is 6.39. The zero-order chi connectivity index (χ0) is 20.8. The van der Waals surface area contributed by atoms with E-state index in [1.54, 1.807) is 12.4 Å². The van der Waals surface area contributed by atoms with E-state index in [-0.39, 0.29) is 0 Å². The third kappa shape index (κ3) is 3.13. The van der Waals surface area contributed by atoms with Crippen LogP contribution in [0.15, 0.2) is 61.2 Å². The molecule has 5 aromatic heterocycles. The highest BCUT2D eigenvalue weighted by Crippen LogP contribution is 2.40. The lowest BCUT2D eigenvalue weighted by Gasteiger charge is -2.26. The Morgan fingerprint density at radius 2 is 1.97 bits per heavy atom. The van der Waals surface area contributed by atoms with Crippen LogP contribution in [0.4, 0.5) is 17.5 Å². The largest absolute Gasteiger partial charge is 0.383 e. The molecule has 0 aliphatic heterocycles. The predicted molar refractivity (Wildman–Crippen MR) is 120 cm³/mol. The smallest absolute Gasteiger partial charge is 0.162 e. The van der Waals surface area contributed by atoms with E-state index in [1.165, 1.54) is 19.3 Å². The zero-order valence-corrected chi connectivity index (χ0v) is 16.7. The molecular weight excluding hydrogens is 388 g/mol. The Labute approximate surface area is 178 Å². The van der Waals surface area contributed by atoms with Crippen LogP contribution < -0.4 is 11.1 Å². The van der Waals surface area contributed by atoms with Crippen molar-refractivity contribution in [3.05, 3.63) is 66.7 Å². The number of fused-ring (bicyclic) bond motifs is 2. The summed E-state index contributed by atoms with van der Waals surface area (Å²) in [7, 11) is 0. The molecule has 0 aromatic carbocycles. The molecule has 5 heterocycles. The van der Waals surface area contributed by atoms with E-state index < -0.39 is 0 Å². The summed E-state index contributed by atoms with van der Waals surface area (Å²) >= 11 is 0. The van der Waals surface area contributed by atoms with Crippen LogP contribution in [0.1, 0.15) is 30.7 Å². The van der Waals surface area contributed by atoms with Gasteiger partial charge in [0.1, 0.15) is 11.6 Å². The highest BCUT2D eigenvalue weighted by Gasteiger charge is 2.24. The molecule has 1 aliphatic rings. The molecule has 8 nitrogen and oxygen atoms in total. The first-order valence-corrected chi connectivity index (χ1v) is 10.3. The van der Waals surface area contributed by atoms with Gasteiger partial charge < -0.3 is 11.1 Å². The molecule has 1 aliphatic carbocycles. The average molecular weight is 408 g/mol. The van der Waals surface area contributed by atoms with Gasteiger partial charge in [0.05, 0.1) is 17.2 Å².